The van der Waals surface area contributed by atoms with Crippen LogP contribution in [-0.2, 0) is 0 Å². The van der Waals surface area contributed by atoms with Gasteiger partial charge < -0.3 is 0 Å². The molecule has 7 aromatic carbocycles. The van der Waals surface area contributed by atoms with Gasteiger partial charge in [0.2, 0.25) is 0 Å². The first kappa shape index (κ1) is 26.3. The fourth-order valence-electron chi connectivity index (χ4n) is 6.94. The third-order valence-corrected chi connectivity index (χ3v) is 9.16. The van der Waals surface area contributed by atoms with Crippen LogP contribution in [0.3, 0.4) is 0 Å². The second kappa shape index (κ2) is 10.8. The molecule has 46 heavy (non-hydrogen) atoms. The van der Waals surface area contributed by atoms with E-state index in [4.69, 9.17) is 4.98 Å². The van der Waals surface area contributed by atoms with Gasteiger partial charge in [-0.2, -0.15) is 0 Å². The Morgan fingerprint density at radius 3 is 1.67 bits per heavy atom. The molecule has 9 rings (SSSR count). The Bertz CT molecular complexity index is 2560. The lowest BCUT2D eigenvalue weighted by atomic mass is 9.89. The standard InChI is InChI=1S/C44H28N2/c1-3-15-34-30(10-1)12-7-19-36(34)41-27-43(38-20-8-13-31-11-2-4-16-35(31)38)46-44-39-18-6-5-17-37(39)40(26-42(41)44)32-23-21-29(22-24-32)33-14-9-25-45-28-33/h1-28H. The topological polar surface area (TPSA) is 25.8 Å². The van der Waals surface area contributed by atoms with Crippen LogP contribution < -0.4 is 0 Å². The quantitative estimate of drug-likeness (QED) is 0.192. The van der Waals surface area contributed by atoms with E-state index < -0.39 is 0 Å². The zero-order valence-electron chi connectivity index (χ0n) is 25.1. The maximum atomic E-state index is 5.47. The van der Waals surface area contributed by atoms with E-state index in [9.17, 15) is 0 Å². The van der Waals surface area contributed by atoms with Crippen molar-refractivity contribution in [2.45, 2.75) is 0 Å². The van der Waals surface area contributed by atoms with Crippen molar-refractivity contribution in [1.29, 1.82) is 0 Å². The van der Waals surface area contributed by atoms with E-state index in [2.05, 4.69) is 157 Å². The molecule has 0 radical (unpaired) electrons. The summed E-state index contributed by atoms with van der Waals surface area (Å²) in [7, 11) is 0. The van der Waals surface area contributed by atoms with E-state index >= 15 is 0 Å². The van der Waals surface area contributed by atoms with E-state index in [0.29, 0.717) is 0 Å². The second-order valence-corrected chi connectivity index (χ2v) is 11.8. The number of pyridine rings is 2. The molecule has 0 aliphatic carbocycles. The van der Waals surface area contributed by atoms with E-state index in [1.165, 1.54) is 49.2 Å². The Labute approximate surface area is 267 Å². The molecule has 9 aromatic rings. The summed E-state index contributed by atoms with van der Waals surface area (Å²) in [5.74, 6) is 0. The van der Waals surface area contributed by atoms with Crippen LogP contribution in [0.5, 0.6) is 0 Å². The normalized spacial score (nSPS) is 11.5. The molecule has 0 amide bonds. The molecule has 0 aliphatic rings. The van der Waals surface area contributed by atoms with Crippen molar-refractivity contribution in [3.05, 3.63) is 170 Å². The highest BCUT2D eigenvalue weighted by atomic mass is 14.7. The Morgan fingerprint density at radius 1 is 0.348 bits per heavy atom. The van der Waals surface area contributed by atoms with Gasteiger partial charge in [0.25, 0.3) is 0 Å². The number of benzene rings is 7. The molecule has 0 spiro atoms. The van der Waals surface area contributed by atoms with Crippen molar-refractivity contribution >= 4 is 43.2 Å². The van der Waals surface area contributed by atoms with Crippen molar-refractivity contribution in [3.63, 3.8) is 0 Å². The third-order valence-electron chi connectivity index (χ3n) is 9.16. The number of hydrogen-bond acceptors (Lipinski definition) is 2. The predicted octanol–water partition coefficient (Wildman–Crippen LogP) is 11.8. The number of aromatic nitrogens is 2. The Balaban J connectivity index is 1.36. The third kappa shape index (κ3) is 4.35. The van der Waals surface area contributed by atoms with Gasteiger partial charge in [-0.05, 0) is 78.5 Å². The lowest BCUT2D eigenvalue weighted by molar-refractivity contribution is 1.33. The smallest absolute Gasteiger partial charge is 0.0794 e. The van der Waals surface area contributed by atoms with Gasteiger partial charge in [0.1, 0.15) is 0 Å². The number of fused-ring (bicyclic) bond motifs is 5. The monoisotopic (exact) mass is 584 g/mol. The molecule has 0 saturated heterocycles. The minimum absolute atomic E-state index is 0.978. The number of rotatable bonds is 4. The minimum atomic E-state index is 0.978. The maximum absolute atomic E-state index is 5.47. The summed E-state index contributed by atoms with van der Waals surface area (Å²) in [5, 5.41) is 8.36. The van der Waals surface area contributed by atoms with Crippen molar-refractivity contribution < 1.29 is 0 Å². The highest BCUT2D eigenvalue weighted by Gasteiger charge is 2.18. The van der Waals surface area contributed by atoms with Crippen LogP contribution in [0.15, 0.2) is 170 Å². The van der Waals surface area contributed by atoms with Crippen LogP contribution in [0, 0.1) is 0 Å². The van der Waals surface area contributed by atoms with Crippen molar-refractivity contribution in [1.82, 2.24) is 9.97 Å². The first-order chi connectivity index (χ1) is 22.8. The number of nitrogens with zero attached hydrogens (tertiary/aromatic N) is 2. The van der Waals surface area contributed by atoms with Crippen LogP contribution in [-0.4, -0.2) is 9.97 Å². The van der Waals surface area contributed by atoms with Crippen molar-refractivity contribution in [2.75, 3.05) is 0 Å². The molecule has 214 valence electrons. The molecule has 0 fully saturated rings. The largest absolute Gasteiger partial charge is 0.264 e. The summed E-state index contributed by atoms with van der Waals surface area (Å²) in [5.41, 5.74) is 10.2. The van der Waals surface area contributed by atoms with Gasteiger partial charge in [-0.3, -0.25) is 4.98 Å². The fraction of sp³-hybridized carbons (Fsp3) is 0. The van der Waals surface area contributed by atoms with Gasteiger partial charge in [-0.1, -0.05) is 140 Å². The Morgan fingerprint density at radius 2 is 0.957 bits per heavy atom. The molecule has 2 aromatic heterocycles. The fourth-order valence-corrected chi connectivity index (χ4v) is 6.94. The van der Waals surface area contributed by atoms with Gasteiger partial charge in [0.05, 0.1) is 11.2 Å². The van der Waals surface area contributed by atoms with Crippen molar-refractivity contribution in [2.24, 2.45) is 0 Å². The zero-order chi connectivity index (χ0) is 30.5. The molecule has 0 bridgehead atoms. The lowest BCUT2D eigenvalue weighted by Gasteiger charge is -2.17. The number of hydrogen-bond donors (Lipinski definition) is 0. The molecule has 2 nitrogen and oxygen atoms in total. The van der Waals surface area contributed by atoms with Gasteiger partial charge in [-0.15, -0.1) is 0 Å². The first-order valence-corrected chi connectivity index (χ1v) is 15.7. The summed E-state index contributed by atoms with van der Waals surface area (Å²) in [4.78, 5) is 9.79. The van der Waals surface area contributed by atoms with Gasteiger partial charge in [-0.25, -0.2) is 4.98 Å². The minimum Gasteiger partial charge on any atom is -0.264 e. The molecule has 0 atom stereocenters. The van der Waals surface area contributed by atoms with Gasteiger partial charge in [0, 0.05) is 28.7 Å². The van der Waals surface area contributed by atoms with E-state index in [0.717, 1.165) is 38.7 Å². The van der Waals surface area contributed by atoms with Gasteiger partial charge in [0.15, 0.2) is 0 Å². The molecule has 0 unspecified atom stereocenters. The van der Waals surface area contributed by atoms with Crippen LogP contribution in [0.1, 0.15) is 0 Å². The molecule has 0 aliphatic heterocycles. The zero-order valence-corrected chi connectivity index (χ0v) is 25.1. The molecular formula is C44H28N2. The average molecular weight is 585 g/mol. The second-order valence-electron chi connectivity index (χ2n) is 11.8. The summed E-state index contributed by atoms with van der Waals surface area (Å²) in [6, 6.07) is 56.6. The maximum Gasteiger partial charge on any atom is 0.0794 e. The van der Waals surface area contributed by atoms with E-state index in [-0.39, 0.29) is 0 Å². The molecular weight excluding hydrogens is 556 g/mol. The predicted molar refractivity (Wildman–Crippen MR) is 194 cm³/mol. The summed E-state index contributed by atoms with van der Waals surface area (Å²) >= 11 is 0. The first-order valence-electron chi connectivity index (χ1n) is 15.7. The van der Waals surface area contributed by atoms with E-state index in [1.54, 1.807) is 0 Å². The Kier molecular flexibility index (Phi) is 6.17. The molecule has 2 heterocycles. The molecule has 0 N–H and O–H groups in total. The van der Waals surface area contributed by atoms with Crippen LogP contribution in [0.4, 0.5) is 0 Å². The van der Waals surface area contributed by atoms with Crippen LogP contribution in [0.25, 0.3) is 87.9 Å². The van der Waals surface area contributed by atoms with E-state index in [1.807, 2.05) is 18.5 Å². The summed E-state index contributed by atoms with van der Waals surface area (Å²) in [6.45, 7) is 0. The lowest BCUT2D eigenvalue weighted by Crippen LogP contribution is -1.94. The molecule has 0 saturated carbocycles. The molecule has 2 heteroatoms. The van der Waals surface area contributed by atoms with Crippen molar-refractivity contribution in [3.8, 4) is 44.6 Å². The van der Waals surface area contributed by atoms with Gasteiger partial charge >= 0.3 is 0 Å². The van der Waals surface area contributed by atoms with Crippen LogP contribution in [0.2, 0.25) is 0 Å². The Hall–Kier alpha value is -6.12. The summed E-state index contributed by atoms with van der Waals surface area (Å²) in [6.07, 6.45) is 3.72. The van der Waals surface area contributed by atoms with Crippen LogP contribution >= 0.6 is 0 Å². The highest BCUT2D eigenvalue weighted by molar-refractivity contribution is 6.18. The highest BCUT2D eigenvalue weighted by Crippen LogP contribution is 2.42. The summed E-state index contributed by atoms with van der Waals surface area (Å²) < 4.78 is 0. The average Bonchev–Trinajstić information content (AvgIpc) is 3.14. The SMILES string of the molecule is c1cncc(-c2ccc(-c3cc4c(-c5cccc6ccccc56)cc(-c5cccc6ccccc56)nc4c4ccccc34)cc2)c1.